The number of amides is 1. The van der Waals surface area contributed by atoms with E-state index in [-0.39, 0.29) is 30.3 Å². The third-order valence-electron chi connectivity index (χ3n) is 9.06. The summed E-state index contributed by atoms with van der Waals surface area (Å²) in [6.07, 6.45) is 2.02. The number of nitrogens with zero attached hydrogens (tertiary/aromatic N) is 5. The Kier molecular flexibility index (Phi) is 12.7. The zero-order chi connectivity index (χ0) is 37.6. The smallest absolute Gasteiger partial charge is 0.409 e. The van der Waals surface area contributed by atoms with Gasteiger partial charge in [0.05, 0.1) is 42.3 Å². The van der Waals surface area contributed by atoms with Gasteiger partial charge in [0.2, 0.25) is 0 Å². The van der Waals surface area contributed by atoms with Gasteiger partial charge in [-0.05, 0) is 77.7 Å². The Bertz CT molecular complexity index is 1670. The number of piperidine rings is 1. The second kappa shape index (κ2) is 16.4. The predicted molar refractivity (Wildman–Crippen MR) is 198 cm³/mol. The predicted octanol–water partition coefficient (Wildman–Crippen LogP) is 7.20. The number of hydroxylamine groups is 2. The third kappa shape index (κ3) is 10.9. The molecule has 0 saturated carbocycles. The molecule has 0 spiro atoms. The first-order chi connectivity index (χ1) is 23.9. The lowest BCUT2D eigenvalue weighted by atomic mass is 10.1. The van der Waals surface area contributed by atoms with E-state index in [9.17, 15) is 9.59 Å². The summed E-state index contributed by atoms with van der Waals surface area (Å²) in [6, 6.07) is 9.65. The van der Waals surface area contributed by atoms with Crippen molar-refractivity contribution in [1.82, 2.24) is 25.1 Å². The number of hydrogen-bond acceptors (Lipinski definition) is 12. The number of ether oxygens (including phenoxy) is 2. The number of aromatic nitrogens is 3. The second-order valence-electron chi connectivity index (χ2n) is 15.4. The molecule has 1 aliphatic rings. The third-order valence-corrected chi connectivity index (χ3v) is 13.6. The van der Waals surface area contributed by atoms with Crippen molar-refractivity contribution in [2.45, 2.75) is 104 Å². The van der Waals surface area contributed by atoms with E-state index in [2.05, 4.69) is 44.3 Å². The number of benzene rings is 1. The summed E-state index contributed by atoms with van der Waals surface area (Å²) in [5, 5.41) is 9.15. The molecule has 4 rings (SSSR count). The van der Waals surface area contributed by atoms with Crippen LogP contribution in [0.2, 0.25) is 18.1 Å². The fourth-order valence-corrected chi connectivity index (χ4v) is 6.86. The van der Waals surface area contributed by atoms with Gasteiger partial charge in [-0.1, -0.05) is 38.1 Å². The molecular formula is C37H54N6O7Si. The van der Waals surface area contributed by atoms with E-state index in [1.54, 1.807) is 4.90 Å². The normalized spacial score (nSPS) is 14.8. The van der Waals surface area contributed by atoms with E-state index < -0.39 is 20.0 Å². The SMILES string of the molecule is COC(=O)N1CCC(Nc2cc(-c3c(C)noc3C)nc(-c3cccc(OC[C@@H](CN(C=C=O)OC(C)(C)C)O[Si](C)(C)C(C)(C)C)c3)n2)CC1. The van der Waals surface area contributed by atoms with Crippen molar-refractivity contribution in [3.63, 3.8) is 0 Å². The van der Waals surface area contributed by atoms with Crippen LogP contribution in [-0.4, -0.2) is 96.5 Å². The van der Waals surface area contributed by atoms with Crippen molar-refractivity contribution in [1.29, 1.82) is 0 Å². The summed E-state index contributed by atoms with van der Waals surface area (Å²) in [5.74, 6) is 4.27. The van der Waals surface area contributed by atoms with E-state index >= 15 is 0 Å². The molecule has 1 aliphatic heterocycles. The molecule has 13 nitrogen and oxygen atoms in total. The molecule has 3 heterocycles. The van der Waals surface area contributed by atoms with Crippen molar-refractivity contribution in [2.24, 2.45) is 0 Å². The Hall–Kier alpha value is -4.23. The van der Waals surface area contributed by atoms with E-state index in [0.29, 0.717) is 41.9 Å². The molecule has 0 radical (unpaired) electrons. The van der Waals surface area contributed by atoms with Crippen molar-refractivity contribution in [3.8, 4) is 28.4 Å². The summed E-state index contributed by atoms with van der Waals surface area (Å²) in [6.45, 7) is 22.1. The summed E-state index contributed by atoms with van der Waals surface area (Å²) < 4.78 is 23.6. The molecule has 1 aromatic carbocycles. The standard InChI is InChI=1S/C37H54N6O7Si/c1-25-33(26(2)48-41-25)31-22-32(38-28-15-17-42(18-16-28)35(45)46-9)40-34(39-31)27-13-12-14-29(21-27)47-24-30(49-51(10,11)37(6,7)8)23-43(19-20-44)50-36(3,4)5/h12-14,19,21-22,28,30H,15-18,23-24H2,1-11H3,(H,38,39,40)/t30-/m1/s1. The molecule has 0 bridgehead atoms. The van der Waals surface area contributed by atoms with Gasteiger partial charge in [-0.2, -0.15) is 0 Å². The molecule has 1 atom stereocenters. The van der Waals surface area contributed by atoms with Crippen molar-refractivity contribution >= 4 is 26.2 Å². The van der Waals surface area contributed by atoms with E-state index in [1.165, 1.54) is 18.4 Å². The van der Waals surface area contributed by atoms with Crippen LogP contribution in [0.3, 0.4) is 0 Å². The molecule has 278 valence electrons. The zero-order valence-corrected chi connectivity index (χ0v) is 33.0. The molecule has 0 unspecified atom stereocenters. The number of carbonyl (C=O) groups is 1. The Morgan fingerprint density at radius 2 is 1.84 bits per heavy atom. The Morgan fingerprint density at radius 3 is 2.43 bits per heavy atom. The largest absolute Gasteiger partial charge is 0.491 e. The summed E-state index contributed by atoms with van der Waals surface area (Å²) in [4.78, 5) is 41.0. The van der Waals surface area contributed by atoms with Crippen LogP contribution in [0.4, 0.5) is 10.6 Å². The highest BCUT2D eigenvalue weighted by molar-refractivity contribution is 6.74. The zero-order valence-electron chi connectivity index (χ0n) is 32.0. The van der Waals surface area contributed by atoms with E-state index in [4.69, 9.17) is 33.2 Å². The van der Waals surface area contributed by atoms with E-state index in [0.717, 1.165) is 29.7 Å². The maximum Gasteiger partial charge on any atom is 0.409 e. The van der Waals surface area contributed by atoms with Crippen molar-refractivity contribution < 1.29 is 32.8 Å². The fourth-order valence-electron chi connectivity index (χ4n) is 5.53. The molecule has 51 heavy (non-hydrogen) atoms. The maximum atomic E-state index is 12.0. The van der Waals surface area contributed by atoms with Gasteiger partial charge in [-0.25, -0.2) is 24.6 Å². The molecule has 1 amide bonds. The van der Waals surface area contributed by atoms with Crippen LogP contribution in [0, 0.1) is 13.8 Å². The average Bonchev–Trinajstić information content (AvgIpc) is 3.39. The molecule has 3 aromatic rings. The topological polar surface area (TPSA) is 141 Å². The first-order valence-electron chi connectivity index (χ1n) is 17.4. The lowest BCUT2D eigenvalue weighted by molar-refractivity contribution is -0.207. The van der Waals surface area contributed by atoms with Gasteiger partial charge < -0.3 is 28.6 Å². The maximum absolute atomic E-state index is 12.0. The van der Waals surface area contributed by atoms with E-state index in [1.807, 2.05) is 70.9 Å². The Labute approximate surface area is 302 Å². The number of carbonyl (C=O) groups excluding carboxylic acids is 2. The summed E-state index contributed by atoms with van der Waals surface area (Å²) in [7, 11) is -0.837. The average molecular weight is 723 g/mol. The minimum Gasteiger partial charge on any atom is -0.491 e. The van der Waals surface area contributed by atoms with Gasteiger partial charge in [-0.15, -0.1) is 0 Å². The summed E-state index contributed by atoms with van der Waals surface area (Å²) in [5.41, 5.74) is 2.45. The monoisotopic (exact) mass is 722 g/mol. The molecule has 0 aliphatic carbocycles. The van der Waals surface area contributed by atoms with Crippen molar-refractivity contribution in [3.05, 3.63) is 48.0 Å². The molecule has 1 N–H and O–H groups in total. The van der Waals surface area contributed by atoms with Gasteiger partial charge in [0.1, 0.15) is 36.1 Å². The number of methoxy groups -OCH3 is 1. The summed E-state index contributed by atoms with van der Waals surface area (Å²) >= 11 is 0. The van der Waals surface area contributed by atoms with Crippen LogP contribution >= 0.6 is 0 Å². The van der Waals surface area contributed by atoms with Gasteiger partial charge in [0.25, 0.3) is 0 Å². The first kappa shape index (κ1) is 39.6. The van der Waals surface area contributed by atoms with Gasteiger partial charge in [0.15, 0.2) is 14.1 Å². The van der Waals surface area contributed by atoms with Crippen LogP contribution in [0.1, 0.15) is 65.8 Å². The van der Waals surface area contributed by atoms with Crippen molar-refractivity contribution in [2.75, 3.05) is 38.7 Å². The van der Waals surface area contributed by atoms with Crippen LogP contribution in [-0.2, 0) is 18.8 Å². The second-order valence-corrected chi connectivity index (χ2v) is 20.2. The van der Waals surface area contributed by atoms with Gasteiger partial charge in [-0.3, -0.25) is 4.84 Å². The highest BCUT2D eigenvalue weighted by Crippen LogP contribution is 2.38. The molecule has 2 aromatic heterocycles. The van der Waals surface area contributed by atoms with Crippen LogP contribution in [0.25, 0.3) is 22.6 Å². The lowest BCUT2D eigenvalue weighted by Gasteiger charge is -2.40. The number of likely N-dealkylation sites (tertiary alicyclic amines) is 1. The minimum atomic E-state index is -2.24. The molecule has 1 saturated heterocycles. The highest BCUT2D eigenvalue weighted by atomic mass is 28.4. The van der Waals surface area contributed by atoms with Crippen LogP contribution in [0.5, 0.6) is 5.75 Å². The molecule has 14 heteroatoms. The lowest BCUT2D eigenvalue weighted by Crippen LogP contribution is -2.49. The minimum absolute atomic E-state index is 0.0466. The number of rotatable bonds is 13. The number of hydrogen-bond donors (Lipinski definition) is 1. The number of aryl methyl sites for hydroxylation is 2. The first-order valence-corrected chi connectivity index (χ1v) is 20.3. The molecule has 1 fully saturated rings. The van der Waals surface area contributed by atoms with Gasteiger partial charge >= 0.3 is 6.09 Å². The number of nitrogens with one attached hydrogen (secondary N) is 1. The van der Waals surface area contributed by atoms with Crippen LogP contribution < -0.4 is 10.1 Å². The fraction of sp³-hybridized carbons (Fsp3) is 0.568. The Morgan fingerprint density at radius 1 is 1.14 bits per heavy atom. The highest BCUT2D eigenvalue weighted by Gasteiger charge is 2.40. The number of anilines is 1. The Balaban J connectivity index is 1.61. The van der Waals surface area contributed by atoms with Gasteiger partial charge in [0, 0.05) is 30.8 Å². The van der Waals surface area contributed by atoms with Crippen LogP contribution in [0.15, 0.2) is 41.1 Å². The quantitative estimate of drug-likeness (QED) is 0.108. The molecular weight excluding hydrogens is 669 g/mol.